The van der Waals surface area contributed by atoms with Gasteiger partial charge in [-0.15, -0.1) is 0 Å². The second-order valence-corrected chi connectivity index (χ2v) is 4.69. The Hall–Kier alpha value is -1.98. The van der Waals surface area contributed by atoms with Gasteiger partial charge in [0, 0.05) is 19.2 Å². The van der Waals surface area contributed by atoms with Crippen LogP contribution in [0.15, 0.2) is 48.5 Å². The molecule has 2 N–H and O–H groups in total. The number of hydrogen-bond donors (Lipinski definition) is 2. The van der Waals surface area contributed by atoms with Crippen molar-refractivity contribution < 1.29 is 18.6 Å². The quantitative estimate of drug-likeness (QED) is 0.824. The summed E-state index contributed by atoms with van der Waals surface area (Å²) in [6.07, 6.45) is -0.705. The minimum atomic E-state index is -0.705. The lowest BCUT2D eigenvalue weighted by atomic mass is 10.2. The molecule has 0 aliphatic heterocycles. The number of benzene rings is 2. The number of nitrogens with one attached hydrogen (secondary N) is 1. The van der Waals surface area contributed by atoms with Gasteiger partial charge < -0.3 is 15.2 Å². The number of para-hydroxylation sites is 1. The summed E-state index contributed by atoms with van der Waals surface area (Å²) in [4.78, 5) is 0. The molecular formula is C16H17F2NO2. The normalized spacial score (nSPS) is 12.1. The van der Waals surface area contributed by atoms with Crippen LogP contribution in [-0.4, -0.2) is 24.4 Å². The lowest BCUT2D eigenvalue weighted by Crippen LogP contribution is -2.31. The van der Waals surface area contributed by atoms with E-state index in [4.69, 9.17) is 4.74 Å². The van der Waals surface area contributed by atoms with Gasteiger partial charge in [0.05, 0.1) is 0 Å². The maximum Gasteiger partial charge on any atom is 0.126 e. The van der Waals surface area contributed by atoms with Crippen LogP contribution in [0.2, 0.25) is 0 Å². The van der Waals surface area contributed by atoms with Crippen molar-refractivity contribution in [1.82, 2.24) is 5.32 Å². The highest BCUT2D eigenvalue weighted by atomic mass is 19.1. The number of aliphatic hydroxyl groups is 1. The van der Waals surface area contributed by atoms with Crippen molar-refractivity contribution in [2.24, 2.45) is 0 Å². The summed E-state index contributed by atoms with van der Waals surface area (Å²) in [7, 11) is 0. The van der Waals surface area contributed by atoms with Gasteiger partial charge in [0.15, 0.2) is 0 Å². The van der Waals surface area contributed by atoms with E-state index in [0.717, 1.165) is 6.07 Å². The van der Waals surface area contributed by atoms with Crippen LogP contribution in [-0.2, 0) is 6.54 Å². The summed E-state index contributed by atoms with van der Waals surface area (Å²) in [5, 5.41) is 12.7. The van der Waals surface area contributed by atoms with Crippen molar-refractivity contribution in [3.05, 3.63) is 65.7 Å². The molecule has 0 fully saturated rings. The van der Waals surface area contributed by atoms with Crippen LogP contribution >= 0.6 is 0 Å². The molecule has 3 nitrogen and oxygen atoms in total. The van der Waals surface area contributed by atoms with E-state index in [0.29, 0.717) is 11.3 Å². The van der Waals surface area contributed by atoms with Gasteiger partial charge >= 0.3 is 0 Å². The number of rotatable bonds is 7. The molecule has 0 bridgehead atoms. The predicted octanol–water partition coefficient (Wildman–Crippen LogP) is 2.49. The van der Waals surface area contributed by atoms with Gasteiger partial charge in [-0.3, -0.25) is 0 Å². The van der Waals surface area contributed by atoms with Crippen molar-refractivity contribution in [3.63, 3.8) is 0 Å². The SMILES string of the molecule is O[C@H](CNCc1cc(F)cc(F)c1)COc1ccccc1. The third kappa shape index (κ3) is 5.49. The zero-order valence-electron chi connectivity index (χ0n) is 11.4. The van der Waals surface area contributed by atoms with E-state index in [1.54, 1.807) is 12.1 Å². The van der Waals surface area contributed by atoms with Gasteiger partial charge in [0.1, 0.15) is 30.1 Å². The van der Waals surface area contributed by atoms with Crippen LogP contribution in [0.3, 0.4) is 0 Å². The molecule has 2 rings (SSSR count). The van der Waals surface area contributed by atoms with Crippen LogP contribution in [0.4, 0.5) is 8.78 Å². The molecule has 0 amide bonds. The summed E-state index contributed by atoms with van der Waals surface area (Å²) in [6, 6.07) is 12.5. The van der Waals surface area contributed by atoms with Gasteiger partial charge in [-0.05, 0) is 29.8 Å². The fourth-order valence-electron chi connectivity index (χ4n) is 1.86. The second kappa shape index (κ2) is 7.71. The van der Waals surface area contributed by atoms with Crippen LogP contribution in [0.1, 0.15) is 5.56 Å². The van der Waals surface area contributed by atoms with E-state index in [-0.39, 0.29) is 19.7 Å². The minimum absolute atomic E-state index is 0.147. The molecule has 0 aromatic heterocycles. The van der Waals surface area contributed by atoms with Gasteiger partial charge in [-0.1, -0.05) is 18.2 Å². The standard InChI is InChI=1S/C16H17F2NO2/c17-13-6-12(7-14(18)8-13)9-19-10-15(20)11-21-16-4-2-1-3-5-16/h1-8,15,19-20H,9-11H2/t15-/m1/s1. The van der Waals surface area contributed by atoms with E-state index >= 15 is 0 Å². The zero-order chi connectivity index (χ0) is 15.1. The molecule has 0 saturated carbocycles. The molecule has 0 aliphatic carbocycles. The number of aliphatic hydroxyl groups excluding tert-OH is 1. The summed E-state index contributed by atoms with van der Waals surface area (Å²) in [5.41, 5.74) is 0.490. The molecule has 21 heavy (non-hydrogen) atoms. The van der Waals surface area contributed by atoms with Gasteiger partial charge in [0.2, 0.25) is 0 Å². The van der Waals surface area contributed by atoms with Crippen LogP contribution in [0, 0.1) is 11.6 Å². The van der Waals surface area contributed by atoms with Crippen LogP contribution < -0.4 is 10.1 Å². The van der Waals surface area contributed by atoms with E-state index in [9.17, 15) is 13.9 Å². The van der Waals surface area contributed by atoms with Gasteiger partial charge in [0.25, 0.3) is 0 Å². The Kier molecular flexibility index (Phi) is 5.66. The first kappa shape index (κ1) is 15.4. The molecule has 0 aliphatic rings. The van der Waals surface area contributed by atoms with Crippen molar-refractivity contribution in [1.29, 1.82) is 0 Å². The fourth-order valence-corrected chi connectivity index (χ4v) is 1.86. The first-order valence-corrected chi connectivity index (χ1v) is 6.65. The molecule has 0 heterocycles. The highest BCUT2D eigenvalue weighted by Crippen LogP contribution is 2.09. The Morgan fingerprint density at radius 1 is 1.05 bits per heavy atom. The maximum absolute atomic E-state index is 13.0. The second-order valence-electron chi connectivity index (χ2n) is 4.69. The molecule has 2 aromatic carbocycles. The molecule has 1 atom stereocenters. The predicted molar refractivity (Wildman–Crippen MR) is 76.0 cm³/mol. The molecule has 112 valence electrons. The first-order chi connectivity index (χ1) is 10.1. The van der Waals surface area contributed by atoms with Crippen molar-refractivity contribution in [2.75, 3.05) is 13.2 Å². The first-order valence-electron chi connectivity index (χ1n) is 6.65. The van der Waals surface area contributed by atoms with Gasteiger partial charge in [-0.25, -0.2) is 8.78 Å². The molecule has 0 radical (unpaired) electrons. The summed E-state index contributed by atoms with van der Waals surface area (Å²) >= 11 is 0. The largest absolute Gasteiger partial charge is 0.491 e. The Morgan fingerprint density at radius 3 is 2.38 bits per heavy atom. The van der Waals surface area contributed by atoms with E-state index in [1.807, 2.05) is 18.2 Å². The number of ether oxygens (including phenoxy) is 1. The smallest absolute Gasteiger partial charge is 0.126 e. The molecule has 2 aromatic rings. The van der Waals surface area contributed by atoms with Crippen LogP contribution in [0.25, 0.3) is 0 Å². The lowest BCUT2D eigenvalue weighted by Gasteiger charge is -2.13. The molecule has 0 spiro atoms. The summed E-state index contributed by atoms with van der Waals surface area (Å²) in [6.45, 7) is 0.691. The Bertz CT molecular complexity index is 543. The van der Waals surface area contributed by atoms with Crippen molar-refractivity contribution in [3.8, 4) is 5.75 Å². The minimum Gasteiger partial charge on any atom is -0.491 e. The third-order valence-electron chi connectivity index (χ3n) is 2.82. The molecule has 0 unspecified atom stereocenters. The average molecular weight is 293 g/mol. The highest BCUT2D eigenvalue weighted by Gasteiger charge is 2.06. The zero-order valence-corrected chi connectivity index (χ0v) is 11.4. The number of halogens is 2. The lowest BCUT2D eigenvalue weighted by molar-refractivity contribution is 0.106. The van der Waals surface area contributed by atoms with E-state index in [1.165, 1.54) is 12.1 Å². The monoisotopic (exact) mass is 293 g/mol. The molecular weight excluding hydrogens is 276 g/mol. The average Bonchev–Trinajstić information content (AvgIpc) is 2.45. The Balaban J connectivity index is 1.70. The summed E-state index contributed by atoms with van der Waals surface area (Å²) in [5.74, 6) is -0.539. The van der Waals surface area contributed by atoms with Crippen LogP contribution in [0.5, 0.6) is 5.75 Å². The maximum atomic E-state index is 13.0. The topological polar surface area (TPSA) is 41.5 Å². The van der Waals surface area contributed by atoms with Gasteiger partial charge in [-0.2, -0.15) is 0 Å². The van der Waals surface area contributed by atoms with Crippen molar-refractivity contribution >= 4 is 0 Å². The summed E-state index contributed by atoms with van der Waals surface area (Å²) < 4.78 is 31.4. The third-order valence-corrected chi connectivity index (χ3v) is 2.82. The number of hydrogen-bond acceptors (Lipinski definition) is 3. The molecule has 0 saturated heterocycles. The fraction of sp³-hybridized carbons (Fsp3) is 0.250. The van der Waals surface area contributed by atoms with E-state index < -0.39 is 17.7 Å². The Morgan fingerprint density at radius 2 is 1.71 bits per heavy atom. The highest BCUT2D eigenvalue weighted by molar-refractivity contribution is 5.21. The molecule has 5 heteroatoms. The van der Waals surface area contributed by atoms with Crippen molar-refractivity contribution in [2.45, 2.75) is 12.6 Å². The van der Waals surface area contributed by atoms with E-state index in [2.05, 4.69) is 5.32 Å². The Labute approximate surface area is 122 Å².